The fourth-order valence-electron chi connectivity index (χ4n) is 2.43. The number of rotatable bonds is 4. The molecule has 0 unspecified atom stereocenters. The summed E-state index contributed by atoms with van der Waals surface area (Å²) in [4.78, 5) is 4.32. The lowest BCUT2D eigenvalue weighted by Gasteiger charge is -2.19. The van der Waals surface area contributed by atoms with Crippen LogP contribution in [0.1, 0.15) is 25.3 Å². The maximum Gasteiger partial charge on any atom is 0.247 e. The molecule has 2 heterocycles. The maximum atomic E-state index is 11.4. The third-order valence-corrected chi connectivity index (χ3v) is 4.23. The summed E-state index contributed by atoms with van der Waals surface area (Å²) in [7, 11) is -3.39. The summed E-state index contributed by atoms with van der Waals surface area (Å²) in [6, 6.07) is 5.71. The number of nitrogens with zero attached hydrogens (tertiary/aromatic N) is 2. The summed E-state index contributed by atoms with van der Waals surface area (Å²) >= 11 is 0. The molecule has 8 heteroatoms. The average molecular weight is 323 g/mol. The van der Waals surface area contributed by atoms with E-state index in [0.717, 1.165) is 29.6 Å². The van der Waals surface area contributed by atoms with Crippen molar-refractivity contribution in [3.05, 3.63) is 29.7 Å². The van der Waals surface area contributed by atoms with Crippen molar-refractivity contribution < 1.29 is 17.7 Å². The quantitative estimate of drug-likeness (QED) is 0.915. The Kier molecular flexibility index (Phi) is 3.45. The van der Waals surface area contributed by atoms with Crippen LogP contribution in [0.25, 0.3) is 11.4 Å². The smallest absolute Gasteiger partial charge is 0.247 e. The van der Waals surface area contributed by atoms with Gasteiger partial charge in [0.15, 0.2) is 0 Å². The molecule has 2 aromatic rings. The van der Waals surface area contributed by atoms with Crippen molar-refractivity contribution in [2.75, 3.05) is 12.9 Å². The molecule has 1 N–H and O–H groups in total. The van der Waals surface area contributed by atoms with Gasteiger partial charge in [-0.3, -0.25) is 0 Å². The molecule has 1 aromatic carbocycles. The highest BCUT2D eigenvalue weighted by molar-refractivity contribution is 7.88. The monoisotopic (exact) mass is 323 g/mol. The minimum Gasteiger partial charge on any atom is -0.493 e. The van der Waals surface area contributed by atoms with Crippen LogP contribution in [0.2, 0.25) is 0 Å². The Labute approximate surface area is 128 Å². The van der Waals surface area contributed by atoms with Gasteiger partial charge in [0.2, 0.25) is 21.7 Å². The van der Waals surface area contributed by atoms with Crippen molar-refractivity contribution in [1.82, 2.24) is 14.9 Å². The molecule has 0 aliphatic carbocycles. The normalized spacial score (nSPS) is 14.7. The zero-order valence-corrected chi connectivity index (χ0v) is 13.4. The van der Waals surface area contributed by atoms with Gasteiger partial charge in [0.05, 0.1) is 12.9 Å². The van der Waals surface area contributed by atoms with Crippen LogP contribution >= 0.6 is 0 Å². The highest BCUT2D eigenvalue weighted by atomic mass is 32.2. The molecule has 1 aliphatic heterocycles. The van der Waals surface area contributed by atoms with Crippen LogP contribution in [0.4, 0.5) is 0 Å². The lowest BCUT2D eigenvalue weighted by Crippen LogP contribution is -2.40. The van der Waals surface area contributed by atoms with Crippen molar-refractivity contribution in [1.29, 1.82) is 0 Å². The van der Waals surface area contributed by atoms with E-state index in [9.17, 15) is 8.42 Å². The third-order valence-electron chi connectivity index (χ3n) is 3.35. The molecular formula is C14H17N3O4S. The fourth-order valence-corrected chi connectivity index (χ4v) is 3.44. The van der Waals surface area contributed by atoms with Gasteiger partial charge in [0, 0.05) is 12.0 Å². The maximum absolute atomic E-state index is 11.4. The largest absolute Gasteiger partial charge is 0.493 e. The van der Waals surface area contributed by atoms with Gasteiger partial charge in [-0.05, 0) is 37.6 Å². The van der Waals surface area contributed by atoms with Crippen molar-refractivity contribution in [3.8, 4) is 17.1 Å². The minimum absolute atomic E-state index is 0.213. The summed E-state index contributed by atoms with van der Waals surface area (Å²) in [5.41, 5.74) is 0.949. The molecular weight excluding hydrogens is 306 g/mol. The summed E-state index contributed by atoms with van der Waals surface area (Å²) in [6.07, 6.45) is 1.95. The van der Waals surface area contributed by atoms with Gasteiger partial charge >= 0.3 is 0 Å². The molecule has 0 radical (unpaired) electrons. The highest BCUT2D eigenvalue weighted by Gasteiger charge is 2.31. The summed E-state index contributed by atoms with van der Waals surface area (Å²) < 4.78 is 36.0. The fraction of sp³-hybridized carbons (Fsp3) is 0.429. The van der Waals surface area contributed by atoms with Crippen LogP contribution in [0.5, 0.6) is 5.75 Å². The molecule has 118 valence electrons. The molecule has 7 nitrogen and oxygen atoms in total. The van der Waals surface area contributed by atoms with E-state index in [1.165, 1.54) is 0 Å². The van der Waals surface area contributed by atoms with Crippen LogP contribution in [0, 0.1) is 0 Å². The molecule has 1 aliphatic rings. The Balaban J connectivity index is 1.91. The number of aromatic nitrogens is 2. The molecule has 0 amide bonds. The standard InChI is InChI=1S/C14H17N3O4S/c1-14(2,17-22(3,18)19)13-15-12(16-21-13)10-4-5-11-9(8-10)6-7-20-11/h4-5,8,17H,6-7H2,1-3H3. The van der Waals surface area contributed by atoms with E-state index < -0.39 is 15.6 Å². The van der Waals surface area contributed by atoms with Gasteiger partial charge in [-0.1, -0.05) is 5.16 Å². The van der Waals surface area contributed by atoms with Gasteiger partial charge in [-0.15, -0.1) is 0 Å². The Hall–Kier alpha value is -1.93. The number of sulfonamides is 1. The zero-order valence-electron chi connectivity index (χ0n) is 12.6. The topological polar surface area (TPSA) is 94.3 Å². The second-order valence-corrected chi connectivity index (χ2v) is 7.59. The minimum atomic E-state index is -3.39. The van der Waals surface area contributed by atoms with E-state index >= 15 is 0 Å². The summed E-state index contributed by atoms with van der Waals surface area (Å²) in [5.74, 6) is 1.52. The van der Waals surface area contributed by atoms with E-state index in [1.54, 1.807) is 13.8 Å². The molecule has 0 saturated heterocycles. The van der Waals surface area contributed by atoms with Gasteiger partial charge in [0.25, 0.3) is 0 Å². The first-order chi connectivity index (χ1) is 10.2. The molecule has 0 spiro atoms. The summed E-state index contributed by atoms with van der Waals surface area (Å²) in [5, 5.41) is 3.95. The lowest BCUT2D eigenvalue weighted by molar-refractivity contribution is 0.296. The molecule has 0 atom stereocenters. The first kappa shape index (κ1) is 15.0. The SMILES string of the molecule is CC(C)(NS(C)(=O)=O)c1nc(-c2ccc3c(c2)CCO3)no1. The van der Waals surface area contributed by atoms with Crippen LogP contribution in [0.15, 0.2) is 22.7 Å². The number of hydrogen-bond donors (Lipinski definition) is 1. The van der Waals surface area contributed by atoms with E-state index in [4.69, 9.17) is 9.26 Å². The number of ether oxygens (including phenoxy) is 1. The number of fused-ring (bicyclic) bond motifs is 1. The molecule has 3 rings (SSSR count). The van der Waals surface area contributed by atoms with Crippen molar-refractivity contribution in [2.45, 2.75) is 25.8 Å². The van der Waals surface area contributed by atoms with Crippen LogP contribution in [0.3, 0.4) is 0 Å². The lowest BCUT2D eigenvalue weighted by atomic mass is 10.1. The molecule has 0 bridgehead atoms. The molecule has 1 aromatic heterocycles. The van der Waals surface area contributed by atoms with E-state index in [1.807, 2.05) is 18.2 Å². The number of benzene rings is 1. The van der Waals surface area contributed by atoms with E-state index in [0.29, 0.717) is 12.4 Å². The van der Waals surface area contributed by atoms with Crippen molar-refractivity contribution >= 4 is 10.0 Å². The Morgan fingerprint density at radius 1 is 1.32 bits per heavy atom. The molecule has 22 heavy (non-hydrogen) atoms. The Bertz CT molecular complexity index is 811. The van der Waals surface area contributed by atoms with Crippen molar-refractivity contribution in [3.63, 3.8) is 0 Å². The molecule has 0 fully saturated rings. The first-order valence-corrected chi connectivity index (χ1v) is 8.73. The van der Waals surface area contributed by atoms with Gasteiger partial charge in [-0.25, -0.2) is 13.1 Å². The number of nitrogens with one attached hydrogen (secondary N) is 1. The number of hydrogen-bond acceptors (Lipinski definition) is 6. The Morgan fingerprint density at radius 3 is 2.82 bits per heavy atom. The van der Waals surface area contributed by atoms with Gasteiger partial charge < -0.3 is 9.26 Å². The van der Waals surface area contributed by atoms with E-state index in [-0.39, 0.29) is 5.89 Å². The average Bonchev–Trinajstić information content (AvgIpc) is 3.04. The second-order valence-electron chi connectivity index (χ2n) is 5.84. The summed E-state index contributed by atoms with van der Waals surface area (Å²) in [6.45, 7) is 4.02. The highest BCUT2D eigenvalue weighted by Crippen LogP contribution is 2.30. The van der Waals surface area contributed by atoms with Crippen LogP contribution < -0.4 is 9.46 Å². The third kappa shape index (κ3) is 2.97. The van der Waals surface area contributed by atoms with Crippen molar-refractivity contribution in [2.24, 2.45) is 0 Å². The first-order valence-electron chi connectivity index (χ1n) is 6.84. The molecule has 0 saturated carbocycles. The Morgan fingerprint density at radius 2 is 2.09 bits per heavy atom. The van der Waals surface area contributed by atoms with Crippen LogP contribution in [-0.2, 0) is 22.0 Å². The van der Waals surface area contributed by atoms with E-state index in [2.05, 4.69) is 14.9 Å². The zero-order chi connectivity index (χ0) is 16.0. The van der Waals surface area contributed by atoms with Crippen LogP contribution in [-0.4, -0.2) is 31.4 Å². The van der Waals surface area contributed by atoms with Gasteiger partial charge in [-0.2, -0.15) is 4.98 Å². The predicted molar refractivity (Wildman–Crippen MR) is 79.9 cm³/mol. The van der Waals surface area contributed by atoms with Gasteiger partial charge in [0.1, 0.15) is 11.3 Å². The predicted octanol–water partition coefficient (Wildman–Crippen LogP) is 1.46. The second kappa shape index (κ2) is 5.06.